The molecule has 2 aromatic carbocycles. The number of carbonyl (C=O) groups excluding carboxylic acids is 2. The number of methoxy groups -OCH3 is 1. The molecular weight excluding hydrogens is 746 g/mol. The van der Waals surface area contributed by atoms with Crippen LogP contribution in [0.3, 0.4) is 0 Å². The van der Waals surface area contributed by atoms with Crippen molar-refractivity contribution in [3.05, 3.63) is 59.9 Å². The highest BCUT2D eigenvalue weighted by Gasteiger charge is 2.32. The predicted molar refractivity (Wildman–Crippen MR) is 165 cm³/mol. The zero-order valence-electron chi connectivity index (χ0n) is 21.9. The third-order valence-corrected chi connectivity index (χ3v) is 6.86. The summed E-state index contributed by atoms with van der Waals surface area (Å²) in [5.41, 5.74) is 4.56. The summed E-state index contributed by atoms with van der Waals surface area (Å²) in [5.74, 6) is 3.19. The molecule has 2 atom stereocenters. The fourth-order valence-corrected chi connectivity index (χ4v) is 5.80. The number of carbonyl (C=O) groups is 2. The Hall–Kier alpha value is -3.23. The van der Waals surface area contributed by atoms with E-state index in [4.69, 9.17) is 25.4 Å². The lowest BCUT2D eigenvalue weighted by atomic mass is 9.95. The van der Waals surface area contributed by atoms with Crippen molar-refractivity contribution in [2.24, 2.45) is 5.10 Å². The van der Waals surface area contributed by atoms with Crippen LogP contribution in [-0.4, -0.2) is 56.5 Å². The van der Waals surface area contributed by atoms with E-state index >= 15 is 0 Å². The number of amides is 2. The van der Waals surface area contributed by atoms with Crippen molar-refractivity contribution in [3.8, 4) is 29.6 Å². The Morgan fingerprint density at radius 2 is 2.02 bits per heavy atom. The largest absolute Gasteiger partial charge is 0.490 e. The molecule has 0 fully saturated rings. The van der Waals surface area contributed by atoms with E-state index in [0.29, 0.717) is 40.7 Å². The summed E-state index contributed by atoms with van der Waals surface area (Å²) >= 11 is 4.35. The Balaban J connectivity index is 1.72. The van der Waals surface area contributed by atoms with Crippen LogP contribution in [0.4, 0.5) is 4.79 Å². The third kappa shape index (κ3) is 8.15. The lowest BCUT2D eigenvalue weighted by molar-refractivity contribution is -0.136. The highest BCUT2D eigenvalue weighted by molar-refractivity contribution is 14.1. The van der Waals surface area contributed by atoms with E-state index in [0.717, 1.165) is 7.14 Å². The monoisotopic (exact) mass is 774 g/mol. The van der Waals surface area contributed by atoms with Crippen molar-refractivity contribution >= 4 is 63.4 Å². The van der Waals surface area contributed by atoms with Crippen LogP contribution < -0.4 is 30.3 Å². The number of benzene rings is 2. The Morgan fingerprint density at radius 3 is 2.73 bits per heavy atom. The fraction of sp³-hybridized carbons (Fsp3) is 0.296. The van der Waals surface area contributed by atoms with Gasteiger partial charge >= 0.3 is 12.0 Å². The lowest BCUT2D eigenvalue weighted by Gasteiger charge is -2.28. The van der Waals surface area contributed by atoms with Crippen molar-refractivity contribution in [1.82, 2.24) is 16.1 Å². The minimum absolute atomic E-state index is 0.117. The summed E-state index contributed by atoms with van der Waals surface area (Å²) in [6.45, 7) is 3.73. The molecule has 2 aromatic rings. The smallest absolute Gasteiger partial charge is 0.337 e. The van der Waals surface area contributed by atoms with E-state index in [1.807, 2.05) is 19.1 Å². The highest BCUT2D eigenvalue weighted by Crippen LogP contribution is 2.35. The molecule has 212 valence electrons. The van der Waals surface area contributed by atoms with E-state index < -0.39 is 24.3 Å². The second-order valence-electron chi connectivity index (χ2n) is 8.21. The normalized spacial score (nSPS) is 15.5. The standard InChI is InChI=1S/C27H28I2N4O7/c1-5-9-39-25-17(10-18(28)12-19(25)29)13-30-33-22(34)14-40-20-8-7-16(11-21(20)38-6-2)24-23(26(35)37-4)15(3)31-27(36)32-24/h1,7-8,10-13,22,24,33-34H,6,9,14H2,2-4H3,(H2,31,32,36)/b30-13+/t22-,24-/m1/s1. The van der Waals surface area contributed by atoms with Gasteiger partial charge in [-0.05, 0) is 88.9 Å². The molecule has 0 aromatic heterocycles. The van der Waals surface area contributed by atoms with Gasteiger partial charge in [-0.25, -0.2) is 9.59 Å². The Kier molecular flexibility index (Phi) is 11.7. The first kappa shape index (κ1) is 31.3. The van der Waals surface area contributed by atoms with Crippen molar-refractivity contribution in [2.45, 2.75) is 26.1 Å². The minimum Gasteiger partial charge on any atom is -0.490 e. The molecule has 1 aliphatic heterocycles. The number of hydrogen-bond acceptors (Lipinski definition) is 9. The highest BCUT2D eigenvalue weighted by atomic mass is 127. The predicted octanol–water partition coefficient (Wildman–Crippen LogP) is 3.43. The first-order valence-electron chi connectivity index (χ1n) is 12.0. The van der Waals surface area contributed by atoms with Gasteiger partial charge in [0.1, 0.15) is 19.0 Å². The fourth-order valence-electron chi connectivity index (χ4n) is 3.76. The number of terminal acetylenes is 1. The first-order valence-corrected chi connectivity index (χ1v) is 14.1. The van der Waals surface area contributed by atoms with E-state index in [1.165, 1.54) is 13.3 Å². The van der Waals surface area contributed by atoms with Gasteiger partial charge in [0.25, 0.3) is 0 Å². The number of aliphatic hydroxyl groups excluding tert-OH is 1. The SMILES string of the molecule is C#CCOc1c(I)cc(I)cc1/C=N/N[C@H](O)COc1ccc([C@H]2NC(=O)NC(C)=C2C(=O)OC)cc1OCC. The van der Waals surface area contributed by atoms with Crippen LogP contribution in [-0.2, 0) is 9.53 Å². The van der Waals surface area contributed by atoms with Crippen LogP contribution in [0.1, 0.15) is 31.0 Å². The van der Waals surface area contributed by atoms with Crippen LogP contribution in [0, 0.1) is 19.5 Å². The summed E-state index contributed by atoms with van der Waals surface area (Å²) in [7, 11) is 1.27. The minimum atomic E-state index is -1.15. The van der Waals surface area contributed by atoms with Gasteiger partial charge in [-0.15, -0.1) is 6.42 Å². The summed E-state index contributed by atoms with van der Waals surface area (Å²) in [4.78, 5) is 24.5. The molecule has 11 nitrogen and oxygen atoms in total. The number of allylic oxidation sites excluding steroid dienone is 1. The Labute approximate surface area is 259 Å². The molecule has 0 saturated carbocycles. The van der Waals surface area contributed by atoms with E-state index in [2.05, 4.69) is 72.3 Å². The molecule has 0 radical (unpaired) electrons. The number of halogens is 2. The number of nitrogens with one attached hydrogen (secondary N) is 3. The molecule has 1 heterocycles. The number of aliphatic hydroxyl groups is 1. The van der Waals surface area contributed by atoms with Crippen LogP contribution in [0.5, 0.6) is 17.2 Å². The number of ether oxygens (including phenoxy) is 4. The number of rotatable bonds is 12. The second-order valence-corrected chi connectivity index (χ2v) is 10.6. The molecule has 0 bridgehead atoms. The summed E-state index contributed by atoms with van der Waals surface area (Å²) in [6.07, 6.45) is 5.70. The summed E-state index contributed by atoms with van der Waals surface area (Å²) in [5, 5.41) is 19.8. The maximum atomic E-state index is 12.4. The van der Waals surface area contributed by atoms with Gasteiger partial charge in [-0.2, -0.15) is 5.10 Å². The van der Waals surface area contributed by atoms with Gasteiger partial charge in [0, 0.05) is 14.8 Å². The average molecular weight is 774 g/mol. The van der Waals surface area contributed by atoms with E-state index in [-0.39, 0.29) is 18.8 Å². The van der Waals surface area contributed by atoms with Crippen molar-refractivity contribution in [1.29, 1.82) is 0 Å². The zero-order chi connectivity index (χ0) is 29.2. The third-order valence-electron chi connectivity index (χ3n) is 5.44. The van der Waals surface area contributed by atoms with Gasteiger partial charge in [-0.3, -0.25) is 5.43 Å². The Morgan fingerprint density at radius 1 is 1.25 bits per heavy atom. The number of nitrogens with zero attached hydrogens (tertiary/aromatic N) is 1. The Bertz CT molecular complexity index is 1360. The van der Waals surface area contributed by atoms with Gasteiger partial charge in [0.2, 0.25) is 0 Å². The second kappa shape index (κ2) is 15.0. The lowest BCUT2D eigenvalue weighted by Crippen LogP contribution is -2.45. The van der Waals surface area contributed by atoms with Crippen LogP contribution >= 0.6 is 45.2 Å². The molecule has 0 spiro atoms. The van der Waals surface area contributed by atoms with Crippen LogP contribution in [0.15, 0.2) is 46.7 Å². The van der Waals surface area contributed by atoms with E-state index in [1.54, 1.807) is 25.1 Å². The summed E-state index contributed by atoms with van der Waals surface area (Å²) in [6, 6.07) is 7.63. The number of esters is 1. The van der Waals surface area contributed by atoms with Crippen molar-refractivity contribution < 1.29 is 33.6 Å². The molecule has 1 aliphatic rings. The van der Waals surface area contributed by atoms with Crippen LogP contribution in [0.25, 0.3) is 0 Å². The van der Waals surface area contributed by atoms with Gasteiger partial charge in [0.15, 0.2) is 17.7 Å². The number of hydrazone groups is 1. The zero-order valence-corrected chi connectivity index (χ0v) is 26.2. The first-order chi connectivity index (χ1) is 19.2. The van der Waals surface area contributed by atoms with Crippen molar-refractivity contribution in [2.75, 3.05) is 26.9 Å². The number of urea groups is 1. The molecule has 0 unspecified atom stereocenters. The quantitative estimate of drug-likeness (QED) is 0.0643. The molecule has 3 rings (SSSR count). The van der Waals surface area contributed by atoms with Crippen molar-refractivity contribution in [3.63, 3.8) is 0 Å². The van der Waals surface area contributed by atoms with Gasteiger partial charge in [0.05, 0.1) is 35.1 Å². The molecule has 13 heteroatoms. The molecule has 2 amide bonds. The van der Waals surface area contributed by atoms with Gasteiger partial charge < -0.3 is 34.7 Å². The molecule has 0 aliphatic carbocycles. The molecule has 0 saturated heterocycles. The molecule has 4 N–H and O–H groups in total. The van der Waals surface area contributed by atoms with E-state index in [9.17, 15) is 14.7 Å². The van der Waals surface area contributed by atoms with Crippen LogP contribution in [0.2, 0.25) is 0 Å². The molecular formula is C27H28I2N4O7. The molecule has 40 heavy (non-hydrogen) atoms. The maximum absolute atomic E-state index is 12.4. The number of hydrogen-bond donors (Lipinski definition) is 4. The summed E-state index contributed by atoms with van der Waals surface area (Å²) < 4.78 is 23.9. The average Bonchev–Trinajstić information content (AvgIpc) is 2.91. The topological polar surface area (TPSA) is 140 Å². The maximum Gasteiger partial charge on any atom is 0.337 e. The van der Waals surface area contributed by atoms with Gasteiger partial charge in [-0.1, -0.05) is 12.0 Å².